The molecule has 0 amide bonds. The molecule has 11 heavy (non-hydrogen) atoms. The van der Waals surface area contributed by atoms with E-state index in [1.807, 2.05) is 0 Å². The van der Waals surface area contributed by atoms with E-state index in [2.05, 4.69) is 0 Å². The molecular weight excluding hydrogens is 207 g/mol. The highest BCUT2D eigenvalue weighted by Crippen LogP contribution is 2.74. The lowest BCUT2D eigenvalue weighted by Gasteiger charge is -2.27. The van der Waals surface area contributed by atoms with Crippen molar-refractivity contribution in [3.8, 4) is 0 Å². The Labute approximate surface area is 75.3 Å². The lowest BCUT2D eigenvalue weighted by atomic mass is 9.82. The van der Waals surface area contributed by atoms with Gasteiger partial charge in [-0.2, -0.15) is 0 Å². The molecule has 0 saturated heterocycles. The van der Waals surface area contributed by atoms with Crippen LogP contribution in [0, 0.1) is 5.41 Å². The van der Waals surface area contributed by atoms with Crippen LogP contribution in [0.3, 0.4) is 0 Å². The van der Waals surface area contributed by atoms with Gasteiger partial charge in [-0.25, -0.2) is 8.42 Å². The number of rotatable bonds is 1. The average molecular weight is 215 g/mol. The SMILES string of the molecule is O=S(=O)(Cl)C1(Cl)CC12CCC2. The van der Waals surface area contributed by atoms with Crippen molar-refractivity contribution in [2.45, 2.75) is 29.9 Å². The second-order valence-electron chi connectivity index (χ2n) is 3.48. The summed E-state index contributed by atoms with van der Waals surface area (Å²) in [6.07, 6.45) is 3.47. The van der Waals surface area contributed by atoms with Crippen LogP contribution in [-0.4, -0.2) is 12.6 Å². The highest BCUT2D eigenvalue weighted by molar-refractivity contribution is 8.16. The Kier molecular flexibility index (Phi) is 1.39. The first-order chi connectivity index (χ1) is 4.91. The fourth-order valence-corrected chi connectivity index (χ4v) is 4.16. The zero-order valence-corrected chi connectivity index (χ0v) is 8.14. The molecule has 1 unspecified atom stereocenters. The van der Waals surface area contributed by atoms with Crippen LogP contribution in [0.2, 0.25) is 0 Å². The molecule has 0 bridgehead atoms. The van der Waals surface area contributed by atoms with Crippen LogP contribution in [0.5, 0.6) is 0 Å². The first kappa shape index (κ1) is 8.14. The monoisotopic (exact) mass is 214 g/mol. The number of alkyl halides is 1. The van der Waals surface area contributed by atoms with E-state index in [1.54, 1.807) is 0 Å². The number of hydrogen-bond donors (Lipinski definition) is 0. The summed E-state index contributed by atoms with van der Waals surface area (Å²) in [6.45, 7) is 0. The van der Waals surface area contributed by atoms with Crippen LogP contribution in [-0.2, 0) is 9.05 Å². The normalized spacial score (nSPS) is 40.2. The van der Waals surface area contributed by atoms with Crippen molar-refractivity contribution in [2.75, 3.05) is 0 Å². The minimum Gasteiger partial charge on any atom is -0.210 e. The summed E-state index contributed by atoms with van der Waals surface area (Å²) >= 11 is 5.86. The average Bonchev–Trinajstić information content (AvgIpc) is 2.34. The maximum atomic E-state index is 11.0. The third-order valence-corrected chi connectivity index (χ3v) is 6.45. The van der Waals surface area contributed by atoms with Gasteiger partial charge in [0.15, 0.2) is 4.21 Å². The second-order valence-corrected chi connectivity index (χ2v) is 7.14. The van der Waals surface area contributed by atoms with Crippen molar-refractivity contribution in [3.63, 3.8) is 0 Å². The highest BCUT2D eigenvalue weighted by atomic mass is 35.7. The van der Waals surface area contributed by atoms with Gasteiger partial charge in [0.05, 0.1) is 0 Å². The minimum absolute atomic E-state index is 0.144. The van der Waals surface area contributed by atoms with Gasteiger partial charge >= 0.3 is 0 Å². The van der Waals surface area contributed by atoms with E-state index in [9.17, 15) is 8.42 Å². The van der Waals surface area contributed by atoms with Gasteiger partial charge in [0.25, 0.3) is 9.05 Å². The Morgan fingerprint density at radius 3 is 1.91 bits per heavy atom. The van der Waals surface area contributed by atoms with Crippen molar-refractivity contribution < 1.29 is 8.42 Å². The Morgan fingerprint density at radius 1 is 1.27 bits per heavy atom. The summed E-state index contributed by atoms with van der Waals surface area (Å²) in [7, 11) is 1.65. The smallest absolute Gasteiger partial charge is 0.210 e. The third-order valence-electron chi connectivity index (χ3n) is 2.93. The van der Waals surface area contributed by atoms with Crippen molar-refractivity contribution in [1.82, 2.24) is 0 Å². The van der Waals surface area contributed by atoms with Gasteiger partial charge in [0, 0.05) is 16.1 Å². The van der Waals surface area contributed by atoms with Crippen molar-refractivity contribution in [1.29, 1.82) is 0 Å². The van der Waals surface area contributed by atoms with E-state index in [0.717, 1.165) is 19.3 Å². The predicted octanol–water partition coefficient (Wildman–Crippen LogP) is 2.06. The topological polar surface area (TPSA) is 34.1 Å². The molecule has 2 aliphatic rings. The molecular formula is C6H8Cl2O2S. The number of halogens is 2. The van der Waals surface area contributed by atoms with Crippen LogP contribution >= 0.6 is 22.3 Å². The zero-order valence-electron chi connectivity index (χ0n) is 5.81. The predicted molar refractivity (Wildman–Crippen MR) is 44.3 cm³/mol. The number of hydrogen-bond acceptors (Lipinski definition) is 2. The van der Waals surface area contributed by atoms with Crippen molar-refractivity contribution in [3.05, 3.63) is 0 Å². The Bertz CT molecular complexity index is 294. The molecule has 5 heteroatoms. The molecule has 2 aliphatic carbocycles. The molecule has 2 nitrogen and oxygen atoms in total. The van der Waals surface area contributed by atoms with Crippen molar-refractivity contribution >= 4 is 31.3 Å². The lowest BCUT2D eigenvalue weighted by Crippen LogP contribution is -2.26. The molecule has 2 rings (SSSR count). The Balaban J connectivity index is 2.30. The summed E-state index contributed by atoms with van der Waals surface area (Å²) in [6, 6.07) is 0. The van der Waals surface area contributed by atoms with E-state index in [4.69, 9.17) is 22.3 Å². The van der Waals surface area contributed by atoms with Gasteiger partial charge in [-0.1, -0.05) is 18.0 Å². The van der Waals surface area contributed by atoms with E-state index in [-0.39, 0.29) is 5.41 Å². The van der Waals surface area contributed by atoms with Gasteiger partial charge in [-0.3, -0.25) is 0 Å². The van der Waals surface area contributed by atoms with Crippen LogP contribution < -0.4 is 0 Å². The summed E-state index contributed by atoms with van der Waals surface area (Å²) in [5.41, 5.74) is -0.144. The first-order valence-electron chi connectivity index (χ1n) is 3.54. The molecule has 0 aliphatic heterocycles. The van der Waals surface area contributed by atoms with Gasteiger partial charge in [-0.15, -0.1) is 0 Å². The van der Waals surface area contributed by atoms with Gasteiger partial charge < -0.3 is 0 Å². The molecule has 0 aromatic heterocycles. The molecule has 0 heterocycles. The Morgan fingerprint density at radius 2 is 1.82 bits per heavy atom. The van der Waals surface area contributed by atoms with Gasteiger partial charge in [0.2, 0.25) is 0 Å². The Hall–Kier alpha value is 0.530. The largest absolute Gasteiger partial charge is 0.252 e. The molecule has 1 atom stereocenters. The highest BCUT2D eigenvalue weighted by Gasteiger charge is 2.75. The molecule has 1 spiro atoms. The maximum Gasteiger partial charge on any atom is 0.252 e. The molecule has 0 N–H and O–H groups in total. The van der Waals surface area contributed by atoms with E-state index in [0.29, 0.717) is 6.42 Å². The summed E-state index contributed by atoms with van der Waals surface area (Å²) in [5, 5.41) is 0. The van der Waals surface area contributed by atoms with Gasteiger partial charge in [0.1, 0.15) is 0 Å². The second kappa shape index (κ2) is 1.88. The molecule has 2 fully saturated rings. The summed E-state index contributed by atoms with van der Waals surface area (Å²) in [4.78, 5) is 0. The summed E-state index contributed by atoms with van der Waals surface area (Å²) < 4.78 is 20.8. The minimum atomic E-state index is -3.56. The standard InChI is InChI=1S/C6H8Cl2O2S/c7-6(11(8,9)10)4-5(6)2-1-3-5/h1-4H2. The van der Waals surface area contributed by atoms with Gasteiger partial charge in [-0.05, 0) is 19.3 Å². The van der Waals surface area contributed by atoms with Crippen LogP contribution in [0.4, 0.5) is 0 Å². The summed E-state index contributed by atoms with van der Waals surface area (Å²) in [5.74, 6) is 0. The van der Waals surface area contributed by atoms with E-state index >= 15 is 0 Å². The first-order valence-corrected chi connectivity index (χ1v) is 6.23. The van der Waals surface area contributed by atoms with E-state index < -0.39 is 13.3 Å². The van der Waals surface area contributed by atoms with Crippen LogP contribution in [0.15, 0.2) is 0 Å². The maximum absolute atomic E-state index is 11.0. The lowest BCUT2D eigenvalue weighted by molar-refractivity contribution is 0.283. The fourth-order valence-electron chi connectivity index (χ4n) is 1.89. The molecule has 0 aromatic carbocycles. The molecule has 2 saturated carbocycles. The molecule has 64 valence electrons. The van der Waals surface area contributed by atoms with Crippen LogP contribution in [0.1, 0.15) is 25.7 Å². The van der Waals surface area contributed by atoms with E-state index in [1.165, 1.54) is 0 Å². The quantitative estimate of drug-likeness (QED) is 0.495. The fraction of sp³-hybridized carbons (Fsp3) is 1.00. The molecule has 0 aromatic rings. The van der Waals surface area contributed by atoms with Crippen molar-refractivity contribution in [2.24, 2.45) is 5.41 Å². The van der Waals surface area contributed by atoms with Crippen LogP contribution in [0.25, 0.3) is 0 Å². The zero-order chi connectivity index (χ0) is 8.33. The third kappa shape index (κ3) is 0.822. The molecule has 0 radical (unpaired) electrons.